The molecule has 1 atom stereocenters. The predicted octanol–water partition coefficient (Wildman–Crippen LogP) is 3.24. The van der Waals surface area contributed by atoms with E-state index in [0.29, 0.717) is 19.1 Å². The van der Waals surface area contributed by atoms with Gasteiger partial charge in [0.25, 0.3) is 0 Å². The minimum absolute atomic E-state index is 0.267. The zero-order valence-corrected chi connectivity index (χ0v) is 15.7. The number of nitrogens with zero attached hydrogens (tertiary/aromatic N) is 1. The number of ether oxygens (including phenoxy) is 1. The Kier molecular flexibility index (Phi) is 4.94. The lowest BCUT2D eigenvalue weighted by atomic mass is 9.92. The fourth-order valence-corrected chi connectivity index (χ4v) is 3.11. The van der Waals surface area contributed by atoms with Crippen LogP contribution in [-0.2, 0) is 10.3 Å². The standard InChI is InChI=1S/C20H27N3O3/c1-13(2)14-6-5-7-15(10-14)20(3,4)22-18(24)21-11-17-12-23(16-8-9-16)19(25)26-17/h5-7,10,16-17H,1,8-9,11-12H2,2-4H3,(H2,21,22,24). The van der Waals surface area contributed by atoms with Crippen molar-refractivity contribution in [2.75, 3.05) is 13.1 Å². The van der Waals surface area contributed by atoms with E-state index < -0.39 is 5.54 Å². The molecule has 2 aliphatic rings. The Labute approximate surface area is 154 Å². The summed E-state index contributed by atoms with van der Waals surface area (Å²) in [6.45, 7) is 10.7. The Morgan fingerprint density at radius 2 is 2.12 bits per heavy atom. The lowest BCUT2D eigenvalue weighted by Crippen LogP contribution is -2.48. The van der Waals surface area contributed by atoms with Crippen LogP contribution in [0.3, 0.4) is 0 Å². The Hall–Kier alpha value is -2.50. The zero-order valence-electron chi connectivity index (χ0n) is 15.7. The van der Waals surface area contributed by atoms with E-state index in [1.807, 2.05) is 45.0 Å². The van der Waals surface area contributed by atoms with Crippen LogP contribution in [0.1, 0.15) is 44.7 Å². The molecule has 6 heteroatoms. The van der Waals surface area contributed by atoms with E-state index in [1.54, 1.807) is 4.90 Å². The summed E-state index contributed by atoms with van der Waals surface area (Å²) >= 11 is 0. The van der Waals surface area contributed by atoms with Crippen LogP contribution in [0.4, 0.5) is 9.59 Å². The Morgan fingerprint density at radius 3 is 2.77 bits per heavy atom. The van der Waals surface area contributed by atoms with Gasteiger partial charge >= 0.3 is 12.1 Å². The molecule has 1 aromatic carbocycles. The summed E-state index contributed by atoms with van der Waals surface area (Å²) in [4.78, 5) is 25.9. The van der Waals surface area contributed by atoms with E-state index >= 15 is 0 Å². The van der Waals surface area contributed by atoms with E-state index in [0.717, 1.165) is 29.5 Å². The predicted molar refractivity (Wildman–Crippen MR) is 101 cm³/mol. The van der Waals surface area contributed by atoms with Gasteiger partial charge in [-0.1, -0.05) is 30.4 Å². The van der Waals surface area contributed by atoms with Crippen molar-refractivity contribution in [3.05, 3.63) is 42.0 Å². The van der Waals surface area contributed by atoms with Gasteiger partial charge in [0.15, 0.2) is 0 Å². The number of carbonyl (C=O) groups excluding carboxylic acids is 2. The van der Waals surface area contributed by atoms with Gasteiger partial charge in [0.2, 0.25) is 0 Å². The fraction of sp³-hybridized carbons (Fsp3) is 0.500. The summed E-state index contributed by atoms with van der Waals surface area (Å²) < 4.78 is 5.32. The summed E-state index contributed by atoms with van der Waals surface area (Å²) in [6.07, 6.45) is 1.54. The van der Waals surface area contributed by atoms with E-state index in [1.165, 1.54) is 0 Å². The first-order valence-corrected chi connectivity index (χ1v) is 9.06. The maximum Gasteiger partial charge on any atom is 0.410 e. The van der Waals surface area contributed by atoms with Gasteiger partial charge in [-0.25, -0.2) is 9.59 Å². The largest absolute Gasteiger partial charge is 0.442 e. The second-order valence-electron chi connectivity index (χ2n) is 7.71. The van der Waals surface area contributed by atoms with Crippen LogP contribution >= 0.6 is 0 Å². The molecule has 1 aromatic rings. The number of allylic oxidation sites excluding steroid dienone is 1. The number of hydrogen-bond donors (Lipinski definition) is 2. The van der Waals surface area contributed by atoms with Crippen LogP contribution in [0, 0.1) is 0 Å². The van der Waals surface area contributed by atoms with Crippen molar-refractivity contribution in [1.82, 2.24) is 15.5 Å². The number of urea groups is 1. The average molecular weight is 357 g/mol. The van der Waals surface area contributed by atoms with Crippen LogP contribution in [-0.4, -0.2) is 42.3 Å². The number of amides is 3. The third-order valence-electron chi connectivity index (χ3n) is 4.88. The van der Waals surface area contributed by atoms with Gasteiger partial charge < -0.3 is 20.3 Å². The van der Waals surface area contributed by atoms with E-state index in [4.69, 9.17) is 4.74 Å². The van der Waals surface area contributed by atoms with Crippen molar-refractivity contribution in [1.29, 1.82) is 0 Å². The Morgan fingerprint density at radius 1 is 1.38 bits per heavy atom. The SMILES string of the molecule is C=C(C)c1cccc(C(C)(C)NC(=O)NCC2CN(C3CC3)C(=O)O2)c1. The van der Waals surface area contributed by atoms with Crippen molar-refractivity contribution in [2.24, 2.45) is 0 Å². The first-order chi connectivity index (χ1) is 12.3. The lowest BCUT2D eigenvalue weighted by molar-refractivity contribution is 0.131. The van der Waals surface area contributed by atoms with Gasteiger partial charge in [0.1, 0.15) is 6.10 Å². The highest BCUT2D eigenvalue weighted by atomic mass is 16.6. The molecule has 1 aliphatic heterocycles. The number of rotatable bonds is 6. The van der Waals surface area contributed by atoms with Gasteiger partial charge in [-0.05, 0) is 50.8 Å². The van der Waals surface area contributed by atoms with Crippen LogP contribution in [0.25, 0.3) is 5.57 Å². The lowest BCUT2D eigenvalue weighted by Gasteiger charge is -2.28. The smallest absolute Gasteiger partial charge is 0.410 e. The summed E-state index contributed by atoms with van der Waals surface area (Å²) in [5.41, 5.74) is 2.49. The van der Waals surface area contributed by atoms with Crippen molar-refractivity contribution in [3.63, 3.8) is 0 Å². The molecule has 1 heterocycles. The maximum absolute atomic E-state index is 12.3. The van der Waals surface area contributed by atoms with Gasteiger partial charge in [0.05, 0.1) is 18.6 Å². The second kappa shape index (κ2) is 7.02. The topological polar surface area (TPSA) is 70.7 Å². The molecule has 0 radical (unpaired) electrons. The zero-order chi connectivity index (χ0) is 18.9. The molecular weight excluding hydrogens is 330 g/mol. The minimum atomic E-state index is -0.540. The van der Waals surface area contributed by atoms with Crippen LogP contribution in [0.5, 0.6) is 0 Å². The molecule has 6 nitrogen and oxygen atoms in total. The maximum atomic E-state index is 12.3. The molecule has 1 aliphatic carbocycles. The van der Waals surface area contributed by atoms with Crippen molar-refractivity contribution < 1.29 is 14.3 Å². The normalized spacial score (nSPS) is 19.9. The summed E-state index contributed by atoms with van der Waals surface area (Å²) in [5, 5.41) is 5.80. The first kappa shape index (κ1) is 18.3. The average Bonchev–Trinajstić information content (AvgIpc) is 3.35. The van der Waals surface area contributed by atoms with Crippen molar-refractivity contribution >= 4 is 17.7 Å². The molecule has 0 aromatic heterocycles. The van der Waals surface area contributed by atoms with Gasteiger partial charge in [-0.15, -0.1) is 0 Å². The molecule has 26 heavy (non-hydrogen) atoms. The number of hydrogen-bond acceptors (Lipinski definition) is 3. The third kappa shape index (κ3) is 4.18. The van der Waals surface area contributed by atoms with E-state index in [-0.39, 0.29) is 18.2 Å². The molecule has 1 saturated heterocycles. The highest BCUT2D eigenvalue weighted by molar-refractivity contribution is 5.75. The molecule has 3 amide bonds. The molecule has 0 bridgehead atoms. The highest BCUT2D eigenvalue weighted by Gasteiger charge is 2.41. The summed E-state index contributed by atoms with van der Waals surface area (Å²) in [6, 6.07) is 8.04. The van der Waals surface area contributed by atoms with Crippen LogP contribution < -0.4 is 10.6 Å². The summed E-state index contributed by atoms with van der Waals surface area (Å²) in [5.74, 6) is 0. The van der Waals surface area contributed by atoms with Crippen molar-refractivity contribution in [3.8, 4) is 0 Å². The molecule has 1 saturated carbocycles. The molecule has 2 N–H and O–H groups in total. The molecule has 0 spiro atoms. The molecule has 140 valence electrons. The van der Waals surface area contributed by atoms with Gasteiger partial charge in [-0.3, -0.25) is 0 Å². The molecular formula is C20H27N3O3. The van der Waals surface area contributed by atoms with Crippen LogP contribution in [0.2, 0.25) is 0 Å². The molecule has 2 fully saturated rings. The van der Waals surface area contributed by atoms with Crippen molar-refractivity contribution in [2.45, 2.75) is 51.3 Å². The molecule has 3 rings (SSSR count). The first-order valence-electron chi connectivity index (χ1n) is 9.06. The number of carbonyl (C=O) groups is 2. The Bertz CT molecular complexity index is 725. The highest BCUT2D eigenvalue weighted by Crippen LogP contribution is 2.30. The number of benzene rings is 1. The van der Waals surface area contributed by atoms with E-state index in [2.05, 4.69) is 17.2 Å². The second-order valence-corrected chi connectivity index (χ2v) is 7.71. The number of nitrogens with one attached hydrogen (secondary N) is 2. The fourth-order valence-electron chi connectivity index (χ4n) is 3.11. The summed E-state index contributed by atoms with van der Waals surface area (Å²) in [7, 11) is 0. The van der Waals surface area contributed by atoms with Crippen LogP contribution in [0.15, 0.2) is 30.8 Å². The molecule has 1 unspecified atom stereocenters. The van der Waals surface area contributed by atoms with Gasteiger partial charge in [-0.2, -0.15) is 0 Å². The quantitative estimate of drug-likeness (QED) is 0.821. The third-order valence-corrected chi connectivity index (χ3v) is 4.88. The monoisotopic (exact) mass is 357 g/mol. The van der Waals surface area contributed by atoms with Gasteiger partial charge in [0, 0.05) is 6.04 Å². The number of cyclic esters (lactones) is 1. The Balaban J connectivity index is 1.53. The minimum Gasteiger partial charge on any atom is -0.442 e. The van der Waals surface area contributed by atoms with E-state index in [9.17, 15) is 9.59 Å².